The van der Waals surface area contributed by atoms with E-state index in [-0.39, 0.29) is 12.1 Å². The van der Waals surface area contributed by atoms with E-state index in [0.29, 0.717) is 6.61 Å². The minimum atomic E-state index is -5.08. The number of halogens is 6. The van der Waals surface area contributed by atoms with Crippen LogP contribution in [0.5, 0.6) is 11.5 Å². The van der Waals surface area contributed by atoms with Crippen molar-refractivity contribution in [3.8, 4) is 22.8 Å². The fourth-order valence-electron chi connectivity index (χ4n) is 3.34. The molecule has 11 nitrogen and oxygen atoms in total. The fraction of sp³-hybridized carbons (Fsp3) is 0.208. The van der Waals surface area contributed by atoms with Gasteiger partial charge in [0.05, 0.1) is 16.7 Å². The van der Waals surface area contributed by atoms with Gasteiger partial charge >= 0.3 is 24.3 Å². The van der Waals surface area contributed by atoms with Gasteiger partial charge in [-0.1, -0.05) is 18.2 Å². The van der Waals surface area contributed by atoms with Gasteiger partial charge in [0.15, 0.2) is 23.4 Å². The van der Waals surface area contributed by atoms with Gasteiger partial charge < -0.3 is 30.0 Å². The number of nitrogen functional groups attached to an aromatic ring is 1. The number of imidazole rings is 1. The lowest BCUT2D eigenvalue weighted by Gasteiger charge is -2.25. The highest BCUT2D eigenvalue weighted by molar-refractivity contribution is 5.82. The second kappa shape index (κ2) is 12.0. The minimum Gasteiger partial charge on any atom is -0.485 e. The van der Waals surface area contributed by atoms with Crippen molar-refractivity contribution in [1.29, 1.82) is 0 Å². The van der Waals surface area contributed by atoms with E-state index in [4.69, 9.17) is 40.0 Å². The summed E-state index contributed by atoms with van der Waals surface area (Å²) in [6, 6.07) is 15.5. The summed E-state index contributed by atoms with van der Waals surface area (Å²) in [6.07, 6.45) is -8.78. The number of hydrogen-bond acceptors (Lipinski definition) is 8. The number of fused-ring (bicyclic) bond motifs is 2. The largest absolute Gasteiger partial charge is 0.490 e. The van der Waals surface area contributed by atoms with Crippen molar-refractivity contribution in [3.63, 3.8) is 0 Å². The monoisotopic (exact) mass is 587 g/mol. The number of carbonyl (C=O) groups is 2. The van der Waals surface area contributed by atoms with E-state index >= 15 is 0 Å². The number of aliphatic carboxylic acids is 2. The second-order valence-electron chi connectivity index (χ2n) is 8.00. The molecule has 41 heavy (non-hydrogen) atoms. The Morgan fingerprint density at radius 2 is 1.54 bits per heavy atom. The van der Waals surface area contributed by atoms with Crippen molar-refractivity contribution >= 4 is 28.9 Å². The lowest BCUT2D eigenvalue weighted by atomic mass is 10.1. The molecule has 1 aliphatic rings. The van der Waals surface area contributed by atoms with Crippen molar-refractivity contribution in [3.05, 3.63) is 60.6 Å². The molecule has 3 heterocycles. The Morgan fingerprint density at radius 3 is 2.10 bits per heavy atom. The standard InChI is InChI=1S/C20H17N5O2.2C2HF3O2/c1-25-15-10-12(13-8-9-22-20(21)24-13)6-7-14(15)23-19(25)18-11-26-16-4-2-3-5-17(16)27-18;2*3-2(4,5)1(6)7/h2-10,18H,11H2,1H3,(H2,21,22,24);2*(H,6,7). The minimum absolute atomic E-state index is 0.254. The van der Waals surface area contributed by atoms with Crippen molar-refractivity contribution < 1.29 is 55.6 Å². The number of nitrogens with two attached hydrogens (primary N) is 1. The van der Waals surface area contributed by atoms with Crippen LogP contribution in [0.25, 0.3) is 22.3 Å². The third-order valence-corrected chi connectivity index (χ3v) is 5.17. The molecule has 218 valence electrons. The number of nitrogens with zero attached hydrogens (tertiary/aromatic N) is 4. The molecule has 0 saturated carbocycles. The number of rotatable bonds is 2. The van der Waals surface area contributed by atoms with Crippen molar-refractivity contribution in [2.24, 2.45) is 7.05 Å². The molecule has 2 aromatic carbocycles. The van der Waals surface area contributed by atoms with Crippen LogP contribution < -0.4 is 15.2 Å². The van der Waals surface area contributed by atoms with Gasteiger partial charge in [0.1, 0.15) is 6.61 Å². The normalized spacial score (nSPS) is 14.3. The number of carboxylic acids is 2. The predicted octanol–water partition coefficient (Wildman–Crippen LogP) is 4.39. The summed E-state index contributed by atoms with van der Waals surface area (Å²) in [6.45, 7) is 0.420. The van der Waals surface area contributed by atoms with Crippen molar-refractivity contribution in [2.75, 3.05) is 12.3 Å². The Hall–Kier alpha value is -5.09. The first kappa shape index (κ1) is 30.5. The zero-order valence-electron chi connectivity index (χ0n) is 20.6. The molecule has 0 fully saturated rings. The molecule has 0 amide bonds. The van der Waals surface area contributed by atoms with E-state index in [9.17, 15) is 26.3 Å². The number of hydrogen-bond donors (Lipinski definition) is 3. The molecule has 0 spiro atoms. The molecule has 5 rings (SSSR count). The summed E-state index contributed by atoms with van der Waals surface area (Å²) in [5.41, 5.74) is 9.32. The Balaban J connectivity index is 0.000000276. The Kier molecular flexibility index (Phi) is 8.89. The molecule has 0 radical (unpaired) electrons. The first-order chi connectivity index (χ1) is 19.1. The molecule has 0 saturated heterocycles. The summed E-state index contributed by atoms with van der Waals surface area (Å²) in [5.74, 6) is -2.95. The van der Waals surface area contributed by atoms with Crippen LogP contribution in [-0.2, 0) is 16.6 Å². The molecule has 1 atom stereocenters. The van der Waals surface area contributed by atoms with E-state index in [2.05, 4.69) is 9.97 Å². The van der Waals surface area contributed by atoms with Gasteiger partial charge in [-0.2, -0.15) is 26.3 Å². The lowest BCUT2D eigenvalue weighted by molar-refractivity contribution is -0.193. The first-order valence-corrected chi connectivity index (χ1v) is 11.1. The van der Waals surface area contributed by atoms with Gasteiger partial charge in [0.2, 0.25) is 5.95 Å². The second-order valence-corrected chi connectivity index (χ2v) is 8.00. The highest BCUT2D eigenvalue weighted by atomic mass is 19.4. The Labute approximate surface area is 225 Å². The maximum absolute atomic E-state index is 10.6. The fourth-order valence-corrected chi connectivity index (χ4v) is 3.34. The number of benzene rings is 2. The average molecular weight is 587 g/mol. The SMILES string of the molecule is Cn1c(C2COc3ccccc3O2)nc2ccc(-c3ccnc(N)n3)cc21.O=C(O)C(F)(F)F.O=C(O)C(F)(F)F. The Bertz CT molecular complexity index is 1530. The van der Waals surface area contributed by atoms with Gasteiger partial charge in [-0.05, 0) is 30.3 Å². The summed E-state index contributed by atoms with van der Waals surface area (Å²) in [5, 5.41) is 14.2. The summed E-state index contributed by atoms with van der Waals surface area (Å²) >= 11 is 0. The van der Waals surface area contributed by atoms with Crippen LogP contribution in [0.2, 0.25) is 0 Å². The highest BCUT2D eigenvalue weighted by Crippen LogP contribution is 2.36. The maximum Gasteiger partial charge on any atom is 0.490 e. The number of aromatic nitrogens is 4. The van der Waals surface area contributed by atoms with Gasteiger partial charge in [-0.15, -0.1) is 0 Å². The van der Waals surface area contributed by atoms with E-state index in [1.807, 2.05) is 60.1 Å². The van der Waals surface area contributed by atoms with E-state index < -0.39 is 24.3 Å². The molecular formula is C24H19F6N5O6. The molecule has 1 unspecified atom stereocenters. The van der Waals surface area contributed by atoms with Gasteiger partial charge in [-0.3, -0.25) is 0 Å². The molecule has 4 aromatic rings. The number of aryl methyl sites for hydroxylation is 1. The molecule has 0 bridgehead atoms. The van der Waals surface area contributed by atoms with Crippen LogP contribution in [0.15, 0.2) is 54.7 Å². The molecule has 0 aliphatic carbocycles. The third kappa shape index (κ3) is 7.74. The number of alkyl halides is 6. The van der Waals surface area contributed by atoms with E-state index in [1.165, 1.54) is 0 Å². The van der Waals surface area contributed by atoms with Crippen molar-refractivity contribution in [1.82, 2.24) is 19.5 Å². The van der Waals surface area contributed by atoms with Crippen molar-refractivity contribution in [2.45, 2.75) is 18.5 Å². The molecule has 17 heteroatoms. The zero-order chi connectivity index (χ0) is 30.5. The number of carboxylic acid groups (broad SMARTS) is 2. The Morgan fingerprint density at radius 1 is 0.951 bits per heavy atom. The topological polar surface area (TPSA) is 163 Å². The lowest BCUT2D eigenvalue weighted by Crippen LogP contribution is -2.24. The summed E-state index contributed by atoms with van der Waals surface area (Å²) in [7, 11) is 1.98. The quantitative estimate of drug-likeness (QED) is 0.287. The van der Waals surface area contributed by atoms with E-state index in [1.54, 1.807) is 6.20 Å². The van der Waals surface area contributed by atoms with Gasteiger partial charge in [-0.25, -0.2) is 24.5 Å². The molecule has 4 N–H and O–H groups in total. The van der Waals surface area contributed by atoms with Gasteiger partial charge in [0.25, 0.3) is 0 Å². The number of anilines is 1. The number of ether oxygens (including phenoxy) is 2. The van der Waals surface area contributed by atoms with Crippen LogP contribution in [0, 0.1) is 0 Å². The smallest absolute Gasteiger partial charge is 0.485 e. The molecular weight excluding hydrogens is 568 g/mol. The summed E-state index contributed by atoms with van der Waals surface area (Å²) < 4.78 is 77.5. The van der Waals surface area contributed by atoms with Crippen LogP contribution in [0.1, 0.15) is 11.9 Å². The molecule has 1 aliphatic heterocycles. The summed E-state index contributed by atoms with van der Waals surface area (Å²) in [4.78, 5) is 30.8. The third-order valence-electron chi connectivity index (χ3n) is 5.17. The average Bonchev–Trinajstić information content (AvgIpc) is 3.23. The van der Waals surface area contributed by atoms with E-state index in [0.717, 1.165) is 39.6 Å². The highest BCUT2D eigenvalue weighted by Gasteiger charge is 2.38. The molecule has 2 aromatic heterocycles. The van der Waals surface area contributed by atoms with Gasteiger partial charge in [0, 0.05) is 18.8 Å². The van der Waals surface area contributed by atoms with Crippen LogP contribution in [0.4, 0.5) is 32.3 Å². The predicted molar refractivity (Wildman–Crippen MR) is 129 cm³/mol. The number of para-hydroxylation sites is 2. The maximum atomic E-state index is 10.6. The zero-order valence-corrected chi connectivity index (χ0v) is 20.6. The first-order valence-electron chi connectivity index (χ1n) is 11.1. The van der Waals surface area contributed by atoms with Crippen LogP contribution in [0.3, 0.4) is 0 Å². The van der Waals surface area contributed by atoms with Crippen LogP contribution in [-0.4, -0.2) is 60.6 Å². The van der Waals surface area contributed by atoms with Crippen LogP contribution >= 0.6 is 0 Å².